The van der Waals surface area contributed by atoms with Gasteiger partial charge in [0.25, 0.3) is 0 Å². The van der Waals surface area contributed by atoms with Crippen LogP contribution in [0.5, 0.6) is 0 Å². The normalized spacial score (nSPS) is 15.7. The molecule has 0 aromatic rings. The number of halogens is 8. The number of hydrogen-bond acceptors (Lipinski definition) is 2. The van der Waals surface area contributed by atoms with E-state index in [-0.39, 0.29) is 0 Å². The van der Waals surface area contributed by atoms with Crippen LogP contribution in [-0.4, -0.2) is 23.2 Å². The van der Waals surface area contributed by atoms with Crippen LogP contribution in [-0.2, 0) is 0 Å². The summed E-state index contributed by atoms with van der Waals surface area (Å²) in [6, 6.07) is -5.13. The molecule has 0 saturated carbocycles. The van der Waals surface area contributed by atoms with Gasteiger partial charge >= 0.3 is 23.2 Å². The van der Waals surface area contributed by atoms with Crippen LogP contribution in [0, 0.1) is 0 Å². The second kappa shape index (κ2) is 4.24. The van der Waals surface area contributed by atoms with Crippen LogP contribution in [0.3, 0.4) is 0 Å². The molecule has 0 amide bonds. The minimum Gasteiger partial charge on any atom is -0.195 e. The molecule has 0 aromatic carbocycles. The summed E-state index contributed by atoms with van der Waals surface area (Å²) in [5, 5.41) is 0. The molecule has 0 fully saturated rings. The Morgan fingerprint density at radius 3 is 1.50 bits per heavy atom. The Morgan fingerprint density at radius 2 is 1.21 bits per heavy atom. The Kier molecular flexibility index (Phi) is 4.03. The first-order valence-corrected chi connectivity index (χ1v) is 3.45. The van der Waals surface area contributed by atoms with Crippen molar-refractivity contribution >= 4 is 28.4 Å². The zero-order valence-electron chi connectivity index (χ0n) is 5.92. The lowest BCUT2D eigenvalue weighted by Crippen LogP contribution is -2.36. The van der Waals surface area contributed by atoms with Gasteiger partial charge in [-0.3, -0.25) is 0 Å². The van der Waals surface area contributed by atoms with E-state index in [0.717, 1.165) is 0 Å². The molecule has 0 N–H and O–H groups in total. The summed E-state index contributed by atoms with van der Waals surface area (Å²) in [7, 11) is 0. The summed E-state index contributed by atoms with van der Waals surface area (Å²) in [5.41, 5.74) is 0. The van der Waals surface area contributed by atoms with Crippen LogP contribution in [0.15, 0.2) is 9.98 Å². The zero-order valence-corrected chi connectivity index (χ0v) is 7.50. The van der Waals surface area contributed by atoms with Crippen molar-refractivity contribution in [1.82, 2.24) is 0 Å². The molecule has 82 valence electrons. The number of alkyl halides is 4. The van der Waals surface area contributed by atoms with E-state index in [1.165, 1.54) is 25.9 Å². The molecule has 1 unspecified atom stereocenters. The third kappa shape index (κ3) is 3.60. The van der Waals surface area contributed by atoms with Gasteiger partial charge in [0.1, 0.15) is 0 Å². The summed E-state index contributed by atoms with van der Waals surface area (Å²) in [6.45, 7) is 0. The average molecular weight is 289 g/mol. The topological polar surface area (TPSA) is 24.7 Å². The summed E-state index contributed by atoms with van der Waals surface area (Å²) in [5.74, 6) is 0. The van der Waals surface area contributed by atoms with Gasteiger partial charge in [0.05, 0.1) is 0 Å². The minimum atomic E-state index is -5.13. The standard InChI is InChI=1S/C4BrF7N2/c5-3(10,13-1(6)7)4(11,12)14-2(8)9. The first kappa shape index (κ1) is 13.3. The quantitative estimate of drug-likeness (QED) is 0.330. The highest BCUT2D eigenvalue weighted by molar-refractivity contribution is 9.10. The maximum Gasteiger partial charge on any atom is 0.411 e. The molecule has 1 atom stereocenters. The van der Waals surface area contributed by atoms with Gasteiger partial charge in [-0.2, -0.15) is 40.7 Å². The number of aliphatic imine (C=N–C) groups is 2. The minimum absolute atomic E-state index is 1.22. The fourth-order valence-corrected chi connectivity index (χ4v) is 0.570. The molecule has 0 bridgehead atoms. The molecular weight excluding hydrogens is 289 g/mol. The van der Waals surface area contributed by atoms with Crippen molar-refractivity contribution < 1.29 is 30.7 Å². The molecule has 0 radical (unpaired) electrons. The van der Waals surface area contributed by atoms with E-state index in [4.69, 9.17) is 0 Å². The van der Waals surface area contributed by atoms with Gasteiger partial charge in [-0.1, -0.05) is 0 Å². The Bertz CT molecular complexity index is 237. The molecule has 2 nitrogen and oxygen atoms in total. The summed E-state index contributed by atoms with van der Waals surface area (Å²) >= 11 is 1.41. The summed E-state index contributed by atoms with van der Waals surface area (Å²) in [6.07, 6.45) is -6.20. The van der Waals surface area contributed by atoms with Crippen molar-refractivity contribution in [3.63, 3.8) is 0 Å². The smallest absolute Gasteiger partial charge is 0.195 e. The Morgan fingerprint density at radius 1 is 0.857 bits per heavy atom. The van der Waals surface area contributed by atoms with E-state index in [9.17, 15) is 30.7 Å². The van der Waals surface area contributed by atoms with Crippen LogP contribution in [0.25, 0.3) is 0 Å². The summed E-state index contributed by atoms with van der Waals surface area (Å²) in [4.78, 5) is 2.70. The number of nitrogens with zero attached hydrogens (tertiary/aromatic N) is 2. The predicted octanol–water partition coefficient (Wildman–Crippen LogP) is 3.19. The highest BCUT2D eigenvalue weighted by Gasteiger charge is 2.55. The Hall–Kier alpha value is -0.670. The third-order valence-corrected chi connectivity index (χ3v) is 1.47. The lowest BCUT2D eigenvalue weighted by molar-refractivity contribution is -0.0768. The van der Waals surface area contributed by atoms with E-state index in [1.807, 2.05) is 0 Å². The summed E-state index contributed by atoms with van der Waals surface area (Å²) < 4.78 is 77.8. The van der Waals surface area contributed by atoms with E-state index in [0.29, 0.717) is 0 Å². The van der Waals surface area contributed by atoms with E-state index in [1.54, 1.807) is 0 Å². The molecule has 0 heterocycles. The lowest BCUT2D eigenvalue weighted by atomic mass is 10.5. The molecule has 0 rings (SSSR count). The third-order valence-electron chi connectivity index (χ3n) is 0.812. The van der Waals surface area contributed by atoms with E-state index in [2.05, 4.69) is 0 Å². The molecule has 0 aromatic heterocycles. The van der Waals surface area contributed by atoms with Crippen molar-refractivity contribution in [3.8, 4) is 0 Å². The molecule has 0 aliphatic rings. The zero-order chi connectivity index (χ0) is 11.6. The van der Waals surface area contributed by atoms with Crippen LogP contribution < -0.4 is 0 Å². The largest absolute Gasteiger partial charge is 0.411 e. The highest BCUT2D eigenvalue weighted by Crippen LogP contribution is 2.41. The molecule has 10 heteroatoms. The number of hydrogen-bond donors (Lipinski definition) is 0. The molecule has 0 saturated heterocycles. The van der Waals surface area contributed by atoms with Gasteiger partial charge in [0, 0.05) is 0 Å². The van der Waals surface area contributed by atoms with Gasteiger partial charge < -0.3 is 0 Å². The van der Waals surface area contributed by atoms with Gasteiger partial charge in [0.2, 0.25) is 0 Å². The monoisotopic (exact) mass is 288 g/mol. The molecule has 14 heavy (non-hydrogen) atoms. The second-order valence-corrected chi connectivity index (χ2v) is 2.84. The molecule has 0 aliphatic carbocycles. The Balaban J connectivity index is 5.07. The van der Waals surface area contributed by atoms with Crippen LogP contribution in [0.1, 0.15) is 0 Å². The van der Waals surface area contributed by atoms with Gasteiger partial charge in [0.15, 0.2) is 0 Å². The molecular formula is C4BrF7N2. The number of rotatable bonds is 3. The molecule has 0 aliphatic heterocycles. The van der Waals surface area contributed by atoms with E-state index < -0.39 is 23.2 Å². The second-order valence-electron chi connectivity index (χ2n) is 1.79. The first-order chi connectivity index (χ1) is 6.08. The van der Waals surface area contributed by atoms with Crippen LogP contribution >= 0.6 is 15.9 Å². The van der Waals surface area contributed by atoms with Crippen molar-refractivity contribution in [3.05, 3.63) is 0 Å². The first-order valence-electron chi connectivity index (χ1n) is 2.66. The highest BCUT2D eigenvalue weighted by atomic mass is 79.9. The van der Waals surface area contributed by atoms with Crippen LogP contribution in [0.4, 0.5) is 30.7 Å². The van der Waals surface area contributed by atoms with Gasteiger partial charge in [-0.05, 0) is 15.9 Å². The van der Waals surface area contributed by atoms with Crippen LogP contribution in [0.2, 0.25) is 0 Å². The van der Waals surface area contributed by atoms with Crippen molar-refractivity contribution in [2.24, 2.45) is 9.98 Å². The van der Waals surface area contributed by atoms with Crippen molar-refractivity contribution in [2.75, 3.05) is 0 Å². The lowest BCUT2D eigenvalue weighted by Gasteiger charge is -2.19. The Labute approximate surface area is 80.7 Å². The molecule has 0 spiro atoms. The van der Waals surface area contributed by atoms with Crippen molar-refractivity contribution in [2.45, 2.75) is 10.7 Å². The maximum atomic E-state index is 12.5. The maximum absolute atomic E-state index is 12.5. The van der Waals surface area contributed by atoms with Crippen molar-refractivity contribution in [1.29, 1.82) is 0 Å². The fourth-order valence-electron chi connectivity index (χ4n) is 0.347. The van der Waals surface area contributed by atoms with Gasteiger partial charge in [-0.15, -0.1) is 0 Å². The predicted molar refractivity (Wildman–Crippen MR) is 37.0 cm³/mol. The average Bonchev–Trinajstić information content (AvgIpc) is 1.78. The van der Waals surface area contributed by atoms with E-state index >= 15 is 0 Å². The van der Waals surface area contributed by atoms with Gasteiger partial charge in [-0.25, -0.2) is 0 Å². The SMILES string of the molecule is FC(F)=NC(F)(F)C(F)(Br)N=C(F)F. The fraction of sp³-hybridized carbons (Fsp3) is 0.500.